The highest BCUT2D eigenvalue weighted by atomic mass is 16.4. The molecule has 0 aliphatic carbocycles. The lowest BCUT2D eigenvalue weighted by Gasteiger charge is -2.20. The lowest BCUT2D eigenvalue weighted by atomic mass is 10.1. The number of nitrogens with zero attached hydrogens (tertiary/aromatic N) is 1. The molecule has 0 radical (unpaired) electrons. The second-order valence-electron chi connectivity index (χ2n) is 5.03. The van der Waals surface area contributed by atoms with E-state index in [2.05, 4.69) is 5.32 Å². The summed E-state index contributed by atoms with van der Waals surface area (Å²) >= 11 is 0. The van der Waals surface area contributed by atoms with Crippen LogP contribution in [-0.4, -0.2) is 46.9 Å². The SMILES string of the molecule is CC(CNC(=O)C1CC(=O)N(C(C)C)C1)C(=O)O. The zero-order chi connectivity index (χ0) is 13.9. The smallest absolute Gasteiger partial charge is 0.308 e. The number of hydrogen-bond donors (Lipinski definition) is 2. The zero-order valence-electron chi connectivity index (χ0n) is 11.0. The number of aliphatic carboxylic acids is 1. The van der Waals surface area contributed by atoms with Gasteiger partial charge in [-0.05, 0) is 13.8 Å². The van der Waals surface area contributed by atoms with E-state index < -0.39 is 11.9 Å². The van der Waals surface area contributed by atoms with Gasteiger partial charge >= 0.3 is 5.97 Å². The maximum absolute atomic E-state index is 11.8. The van der Waals surface area contributed by atoms with E-state index in [1.54, 1.807) is 4.90 Å². The van der Waals surface area contributed by atoms with Gasteiger partial charge in [-0.1, -0.05) is 6.92 Å². The fourth-order valence-electron chi connectivity index (χ4n) is 1.89. The Hall–Kier alpha value is -1.59. The number of carboxylic acids is 1. The summed E-state index contributed by atoms with van der Waals surface area (Å²) in [6.45, 7) is 5.86. The average molecular weight is 256 g/mol. The summed E-state index contributed by atoms with van der Waals surface area (Å²) in [6.07, 6.45) is 0.214. The predicted octanol–water partition coefficient (Wildman–Crippen LogP) is 0.0802. The third kappa shape index (κ3) is 3.45. The molecule has 1 aliphatic rings. The second kappa shape index (κ2) is 5.84. The van der Waals surface area contributed by atoms with Crippen LogP contribution in [0.5, 0.6) is 0 Å². The van der Waals surface area contributed by atoms with E-state index in [0.717, 1.165) is 0 Å². The van der Waals surface area contributed by atoms with Crippen molar-refractivity contribution in [3.8, 4) is 0 Å². The molecule has 0 aromatic heterocycles. The monoisotopic (exact) mass is 256 g/mol. The molecule has 0 saturated carbocycles. The molecule has 102 valence electrons. The fraction of sp³-hybridized carbons (Fsp3) is 0.750. The number of carbonyl (C=O) groups excluding carboxylic acids is 2. The summed E-state index contributed by atoms with van der Waals surface area (Å²) in [5, 5.41) is 11.3. The van der Waals surface area contributed by atoms with Crippen LogP contribution in [0.1, 0.15) is 27.2 Å². The summed E-state index contributed by atoms with van der Waals surface area (Å²) in [5.41, 5.74) is 0. The van der Waals surface area contributed by atoms with Crippen molar-refractivity contribution in [2.45, 2.75) is 33.2 Å². The van der Waals surface area contributed by atoms with Gasteiger partial charge in [-0.15, -0.1) is 0 Å². The number of amides is 2. The van der Waals surface area contributed by atoms with Gasteiger partial charge in [0.05, 0.1) is 11.8 Å². The van der Waals surface area contributed by atoms with Gasteiger partial charge in [-0.3, -0.25) is 14.4 Å². The van der Waals surface area contributed by atoms with Gasteiger partial charge in [-0.2, -0.15) is 0 Å². The largest absolute Gasteiger partial charge is 0.481 e. The van der Waals surface area contributed by atoms with Crippen LogP contribution in [0, 0.1) is 11.8 Å². The highest BCUT2D eigenvalue weighted by Crippen LogP contribution is 2.20. The highest BCUT2D eigenvalue weighted by Gasteiger charge is 2.35. The van der Waals surface area contributed by atoms with Crippen molar-refractivity contribution in [2.75, 3.05) is 13.1 Å². The molecule has 6 heteroatoms. The normalized spacial score (nSPS) is 21.2. The Morgan fingerprint density at radius 2 is 2.06 bits per heavy atom. The van der Waals surface area contributed by atoms with Gasteiger partial charge in [0.25, 0.3) is 0 Å². The Morgan fingerprint density at radius 1 is 1.44 bits per heavy atom. The van der Waals surface area contributed by atoms with Crippen LogP contribution in [0.2, 0.25) is 0 Å². The van der Waals surface area contributed by atoms with Crippen molar-refractivity contribution < 1.29 is 19.5 Å². The number of carboxylic acid groups (broad SMARTS) is 1. The van der Waals surface area contributed by atoms with Crippen LogP contribution in [-0.2, 0) is 14.4 Å². The van der Waals surface area contributed by atoms with Crippen LogP contribution >= 0.6 is 0 Å². The molecule has 2 N–H and O–H groups in total. The Bertz CT molecular complexity index is 354. The van der Waals surface area contributed by atoms with E-state index in [1.807, 2.05) is 13.8 Å². The molecule has 6 nitrogen and oxygen atoms in total. The Balaban J connectivity index is 2.45. The quantitative estimate of drug-likeness (QED) is 0.729. The maximum Gasteiger partial charge on any atom is 0.308 e. The number of rotatable bonds is 5. The third-order valence-corrected chi connectivity index (χ3v) is 3.16. The van der Waals surface area contributed by atoms with E-state index in [1.165, 1.54) is 6.92 Å². The first kappa shape index (κ1) is 14.5. The lowest BCUT2D eigenvalue weighted by molar-refractivity contribution is -0.141. The second-order valence-corrected chi connectivity index (χ2v) is 5.03. The third-order valence-electron chi connectivity index (χ3n) is 3.16. The summed E-state index contributed by atoms with van der Waals surface area (Å²) in [7, 11) is 0. The number of hydrogen-bond acceptors (Lipinski definition) is 3. The molecular weight excluding hydrogens is 236 g/mol. The number of likely N-dealkylation sites (tertiary alicyclic amines) is 1. The van der Waals surface area contributed by atoms with E-state index in [-0.39, 0.29) is 36.7 Å². The van der Waals surface area contributed by atoms with Crippen molar-refractivity contribution in [2.24, 2.45) is 11.8 Å². The molecule has 1 rings (SSSR count). The molecule has 0 aromatic rings. The molecule has 18 heavy (non-hydrogen) atoms. The van der Waals surface area contributed by atoms with Crippen molar-refractivity contribution in [3.63, 3.8) is 0 Å². The van der Waals surface area contributed by atoms with Crippen LogP contribution in [0.3, 0.4) is 0 Å². The first-order chi connectivity index (χ1) is 8.32. The zero-order valence-corrected chi connectivity index (χ0v) is 11.0. The molecule has 2 atom stereocenters. The first-order valence-corrected chi connectivity index (χ1v) is 6.13. The minimum atomic E-state index is -0.943. The first-order valence-electron chi connectivity index (χ1n) is 6.13. The van der Waals surface area contributed by atoms with Gasteiger partial charge in [0.1, 0.15) is 0 Å². The van der Waals surface area contributed by atoms with Crippen molar-refractivity contribution >= 4 is 17.8 Å². The van der Waals surface area contributed by atoms with E-state index in [9.17, 15) is 14.4 Å². The average Bonchev–Trinajstić information content (AvgIpc) is 2.67. The Kier molecular flexibility index (Phi) is 4.69. The molecule has 2 unspecified atom stereocenters. The highest BCUT2D eigenvalue weighted by molar-refractivity contribution is 5.89. The van der Waals surface area contributed by atoms with Gasteiger partial charge in [0.15, 0.2) is 0 Å². The van der Waals surface area contributed by atoms with Crippen molar-refractivity contribution in [1.29, 1.82) is 0 Å². The predicted molar refractivity (Wildman–Crippen MR) is 64.8 cm³/mol. The molecule has 2 amide bonds. The minimum absolute atomic E-state index is 0.0172. The summed E-state index contributed by atoms with van der Waals surface area (Å²) < 4.78 is 0. The van der Waals surface area contributed by atoms with E-state index in [4.69, 9.17) is 5.11 Å². The van der Waals surface area contributed by atoms with Gasteiger partial charge in [0.2, 0.25) is 11.8 Å². The standard InChI is InChI=1S/C12H20N2O4/c1-7(2)14-6-9(4-10(14)15)11(16)13-5-8(3)12(17)18/h7-9H,4-6H2,1-3H3,(H,13,16)(H,17,18). The molecule has 1 heterocycles. The van der Waals surface area contributed by atoms with E-state index in [0.29, 0.717) is 6.54 Å². The molecule has 0 spiro atoms. The number of nitrogens with one attached hydrogen (secondary N) is 1. The van der Waals surface area contributed by atoms with Crippen LogP contribution < -0.4 is 5.32 Å². The van der Waals surface area contributed by atoms with Crippen molar-refractivity contribution in [3.05, 3.63) is 0 Å². The Labute approximate surface area is 106 Å². The lowest BCUT2D eigenvalue weighted by Crippen LogP contribution is -2.38. The molecular formula is C12H20N2O4. The topological polar surface area (TPSA) is 86.7 Å². The molecule has 1 fully saturated rings. The van der Waals surface area contributed by atoms with Gasteiger partial charge in [-0.25, -0.2) is 0 Å². The summed E-state index contributed by atoms with van der Waals surface area (Å²) in [6, 6.07) is 0.0910. The van der Waals surface area contributed by atoms with Crippen LogP contribution in [0.4, 0.5) is 0 Å². The minimum Gasteiger partial charge on any atom is -0.481 e. The Morgan fingerprint density at radius 3 is 2.50 bits per heavy atom. The molecule has 0 bridgehead atoms. The van der Waals surface area contributed by atoms with Crippen LogP contribution in [0.25, 0.3) is 0 Å². The molecule has 1 aliphatic heterocycles. The fourth-order valence-corrected chi connectivity index (χ4v) is 1.89. The number of carbonyl (C=O) groups is 3. The van der Waals surface area contributed by atoms with Gasteiger partial charge < -0.3 is 15.3 Å². The van der Waals surface area contributed by atoms with E-state index >= 15 is 0 Å². The summed E-state index contributed by atoms with van der Waals surface area (Å²) in [4.78, 5) is 35.7. The molecule has 1 saturated heterocycles. The van der Waals surface area contributed by atoms with Gasteiger partial charge in [0, 0.05) is 25.6 Å². The molecule has 0 aromatic carbocycles. The van der Waals surface area contributed by atoms with Crippen LogP contribution in [0.15, 0.2) is 0 Å². The summed E-state index contributed by atoms with van der Waals surface area (Å²) in [5.74, 6) is -2.18. The maximum atomic E-state index is 11.8. The van der Waals surface area contributed by atoms with Crippen molar-refractivity contribution in [1.82, 2.24) is 10.2 Å².